The summed E-state index contributed by atoms with van der Waals surface area (Å²) < 4.78 is 0. The molecule has 1 aromatic heterocycles. The van der Waals surface area contributed by atoms with E-state index in [0.717, 1.165) is 30.9 Å². The zero-order valence-corrected chi connectivity index (χ0v) is 19.1. The van der Waals surface area contributed by atoms with Crippen molar-refractivity contribution in [2.24, 2.45) is 16.8 Å². The normalized spacial score (nSPS) is 19.7. The summed E-state index contributed by atoms with van der Waals surface area (Å²) in [6, 6.07) is 3.52. The number of nitrogens with zero attached hydrogens (tertiary/aromatic N) is 3. The van der Waals surface area contributed by atoms with Gasteiger partial charge in [0, 0.05) is 39.1 Å². The molecule has 0 aromatic carbocycles. The van der Waals surface area contributed by atoms with Crippen LogP contribution in [0.5, 0.6) is 0 Å². The van der Waals surface area contributed by atoms with Crippen LogP contribution in [0.15, 0.2) is 29.5 Å². The fourth-order valence-corrected chi connectivity index (χ4v) is 3.39. The lowest BCUT2D eigenvalue weighted by Crippen LogP contribution is -2.42. The van der Waals surface area contributed by atoms with Gasteiger partial charge in [-0.15, -0.1) is 24.0 Å². The van der Waals surface area contributed by atoms with E-state index in [0.29, 0.717) is 18.7 Å². The first-order valence-corrected chi connectivity index (χ1v) is 9.77. The second kappa shape index (κ2) is 12.9. The topological polar surface area (TPSA) is 69.6 Å². The monoisotopic (exact) mass is 487 g/mol. The van der Waals surface area contributed by atoms with Crippen molar-refractivity contribution in [3.63, 3.8) is 0 Å². The molecule has 0 unspecified atom stereocenters. The van der Waals surface area contributed by atoms with E-state index in [-0.39, 0.29) is 29.9 Å². The molecule has 0 aliphatic heterocycles. The molecular formula is C20H34IN5O. The molecule has 1 aliphatic rings. The number of carbonyl (C=O) groups is 1. The number of guanidine groups is 1. The smallest absolute Gasteiger partial charge is 0.252 e. The summed E-state index contributed by atoms with van der Waals surface area (Å²) in [5.74, 6) is 2.44. The van der Waals surface area contributed by atoms with Crippen molar-refractivity contribution in [1.29, 1.82) is 0 Å². The molecule has 27 heavy (non-hydrogen) atoms. The highest BCUT2D eigenvalue weighted by Crippen LogP contribution is 2.28. The molecule has 0 saturated heterocycles. The zero-order chi connectivity index (χ0) is 18.8. The summed E-state index contributed by atoms with van der Waals surface area (Å²) in [5.41, 5.74) is 0.576. The van der Waals surface area contributed by atoms with Gasteiger partial charge in [-0.3, -0.25) is 14.8 Å². The van der Waals surface area contributed by atoms with Gasteiger partial charge in [-0.25, -0.2) is 0 Å². The number of aromatic nitrogens is 1. The molecule has 2 N–H and O–H groups in total. The van der Waals surface area contributed by atoms with Crippen LogP contribution in [0.1, 0.15) is 49.9 Å². The van der Waals surface area contributed by atoms with Crippen molar-refractivity contribution in [2.45, 2.75) is 39.5 Å². The van der Waals surface area contributed by atoms with Crippen LogP contribution in [0.3, 0.4) is 0 Å². The second-order valence-electron chi connectivity index (χ2n) is 7.24. The molecule has 0 spiro atoms. The number of aliphatic imine (C=N–C) groups is 1. The minimum Gasteiger partial charge on any atom is -0.357 e. The van der Waals surface area contributed by atoms with Crippen molar-refractivity contribution in [1.82, 2.24) is 20.5 Å². The Hall–Kier alpha value is -1.38. The first kappa shape index (κ1) is 23.7. The zero-order valence-electron chi connectivity index (χ0n) is 16.8. The van der Waals surface area contributed by atoms with Crippen LogP contribution >= 0.6 is 24.0 Å². The van der Waals surface area contributed by atoms with Crippen LogP contribution in [0, 0.1) is 11.8 Å². The molecule has 1 fully saturated rings. The summed E-state index contributed by atoms with van der Waals surface area (Å²) in [7, 11) is 2.10. The van der Waals surface area contributed by atoms with Crippen LogP contribution in [0.4, 0.5) is 0 Å². The standard InChI is InChI=1S/C20H33N5O.HI/c1-4-22-20(25(3)15-17-9-7-16(2)8-10-17)24-13-12-23-19(26)18-6-5-11-21-14-18;/h5-6,11,14,16-17H,4,7-10,12-13,15H2,1-3H3,(H,22,24)(H,23,26);1H. The molecule has 152 valence electrons. The quantitative estimate of drug-likeness (QED) is 0.268. The summed E-state index contributed by atoms with van der Waals surface area (Å²) in [5, 5.41) is 6.24. The van der Waals surface area contributed by atoms with Crippen LogP contribution in [-0.4, -0.2) is 55.0 Å². The number of nitrogens with one attached hydrogen (secondary N) is 2. The van der Waals surface area contributed by atoms with Crippen LogP contribution in [0.2, 0.25) is 0 Å². The van der Waals surface area contributed by atoms with Crippen molar-refractivity contribution in [2.75, 3.05) is 33.2 Å². The Labute approximate surface area is 180 Å². The van der Waals surface area contributed by atoms with Gasteiger partial charge in [-0.2, -0.15) is 0 Å². The van der Waals surface area contributed by atoms with Gasteiger partial charge in [0.15, 0.2) is 5.96 Å². The predicted octanol–water partition coefficient (Wildman–Crippen LogP) is 3.15. The summed E-state index contributed by atoms with van der Waals surface area (Å²) in [4.78, 5) is 22.9. The van der Waals surface area contributed by atoms with Crippen LogP contribution in [-0.2, 0) is 0 Å². The first-order valence-electron chi connectivity index (χ1n) is 9.77. The third-order valence-corrected chi connectivity index (χ3v) is 4.95. The minimum absolute atomic E-state index is 0. The first-order chi connectivity index (χ1) is 12.6. The molecule has 7 heteroatoms. The predicted molar refractivity (Wildman–Crippen MR) is 122 cm³/mol. The number of rotatable bonds is 7. The molecule has 0 radical (unpaired) electrons. The van der Waals surface area contributed by atoms with Crippen LogP contribution < -0.4 is 10.6 Å². The fraction of sp³-hybridized carbons (Fsp3) is 0.650. The van der Waals surface area contributed by atoms with Gasteiger partial charge in [0.05, 0.1) is 12.1 Å². The Morgan fingerprint density at radius 1 is 1.30 bits per heavy atom. The summed E-state index contributed by atoms with van der Waals surface area (Å²) in [6.07, 6.45) is 8.53. The molecular weight excluding hydrogens is 453 g/mol. The van der Waals surface area contributed by atoms with E-state index in [1.807, 2.05) is 0 Å². The van der Waals surface area contributed by atoms with Gasteiger partial charge < -0.3 is 15.5 Å². The molecule has 6 nitrogen and oxygen atoms in total. The van der Waals surface area contributed by atoms with E-state index in [1.54, 1.807) is 24.5 Å². The highest BCUT2D eigenvalue weighted by molar-refractivity contribution is 14.0. The molecule has 0 atom stereocenters. The Kier molecular flexibility index (Phi) is 11.3. The van der Waals surface area contributed by atoms with E-state index >= 15 is 0 Å². The van der Waals surface area contributed by atoms with Crippen molar-refractivity contribution in [3.8, 4) is 0 Å². The minimum atomic E-state index is -0.108. The maximum atomic E-state index is 12.0. The number of carbonyl (C=O) groups excluding carboxylic acids is 1. The second-order valence-corrected chi connectivity index (χ2v) is 7.24. The average molecular weight is 487 g/mol. The van der Waals surface area contributed by atoms with Gasteiger partial charge in [-0.1, -0.05) is 19.8 Å². The Morgan fingerprint density at radius 3 is 2.67 bits per heavy atom. The fourth-order valence-electron chi connectivity index (χ4n) is 3.39. The van der Waals surface area contributed by atoms with E-state index in [1.165, 1.54) is 25.7 Å². The number of hydrogen-bond acceptors (Lipinski definition) is 3. The highest BCUT2D eigenvalue weighted by Gasteiger charge is 2.20. The lowest BCUT2D eigenvalue weighted by Gasteiger charge is -2.31. The largest absolute Gasteiger partial charge is 0.357 e. The molecule has 0 bridgehead atoms. The molecule has 1 heterocycles. The maximum Gasteiger partial charge on any atom is 0.252 e. The highest BCUT2D eigenvalue weighted by atomic mass is 127. The van der Waals surface area contributed by atoms with E-state index in [4.69, 9.17) is 0 Å². The van der Waals surface area contributed by atoms with E-state index in [9.17, 15) is 4.79 Å². The van der Waals surface area contributed by atoms with E-state index < -0.39 is 0 Å². The number of pyridine rings is 1. The lowest BCUT2D eigenvalue weighted by atomic mass is 9.83. The molecule has 1 aliphatic carbocycles. The molecule has 2 rings (SSSR count). The third kappa shape index (κ3) is 8.45. The Morgan fingerprint density at radius 2 is 2.04 bits per heavy atom. The maximum absolute atomic E-state index is 12.0. The van der Waals surface area contributed by atoms with Gasteiger partial charge >= 0.3 is 0 Å². The molecule has 1 aromatic rings. The van der Waals surface area contributed by atoms with Crippen molar-refractivity contribution < 1.29 is 4.79 Å². The van der Waals surface area contributed by atoms with Crippen molar-refractivity contribution in [3.05, 3.63) is 30.1 Å². The van der Waals surface area contributed by atoms with Gasteiger partial charge in [0.25, 0.3) is 5.91 Å². The SMILES string of the molecule is CCNC(=NCCNC(=O)c1cccnc1)N(C)CC1CCC(C)CC1.I. The summed E-state index contributed by atoms with van der Waals surface area (Å²) in [6.45, 7) is 7.38. The van der Waals surface area contributed by atoms with Gasteiger partial charge in [0.1, 0.15) is 0 Å². The molecule has 1 amide bonds. The van der Waals surface area contributed by atoms with Gasteiger partial charge in [-0.05, 0) is 43.7 Å². The Balaban J connectivity index is 0.00000364. The number of amides is 1. The van der Waals surface area contributed by atoms with Crippen LogP contribution in [0.25, 0.3) is 0 Å². The summed E-state index contributed by atoms with van der Waals surface area (Å²) >= 11 is 0. The van der Waals surface area contributed by atoms with Crippen molar-refractivity contribution >= 4 is 35.8 Å². The lowest BCUT2D eigenvalue weighted by molar-refractivity contribution is 0.0954. The number of hydrogen-bond donors (Lipinski definition) is 2. The third-order valence-electron chi connectivity index (χ3n) is 4.95. The van der Waals surface area contributed by atoms with E-state index in [2.05, 4.69) is 46.4 Å². The number of halogens is 1. The Bertz CT molecular complexity index is 573. The molecule has 1 saturated carbocycles. The van der Waals surface area contributed by atoms with Gasteiger partial charge in [0.2, 0.25) is 0 Å². The average Bonchev–Trinajstić information content (AvgIpc) is 2.66.